The monoisotopic (exact) mass is 291 g/mol. The van der Waals surface area contributed by atoms with E-state index in [9.17, 15) is 14.7 Å². The molecule has 5 nitrogen and oxygen atoms in total. The number of carboxylic acids is 1. The lowest BCUT2D eigenvalue weighted by molar-refractivity contribution is -0.155. The topological polar surface area (TPSA) is 66.8 Å². The Morgan fingerprint density at radius 2 is 1.90 bits per heavy atom. The molecule has 0 fully saturated rings. The molecule has 0 saturated heterocycles. The standard InChI is InChI=1S/C16H21NO4/c1-16(2,3)21-10-14(18)17-9-12-7-5-4-6-11(12)8-13(17)15(19)20/h4-7,13H,8-10H2,1-3H3,(H,19,20)/t13-/m0/s1. The molecule has 1 atom stereocenters. The average Bonchev–Trinajstić information content (AvgIpc) is 2.42. The van der Waals surface area contributed by atoms with E-state index in [2.05, 4.69) is 0 Å². The Balaban J connectivity index is 2.17. The van der Waals surface area contributed by atoms with Gasteiger partial charge < -0.3 is 14.7 Å². The fourth-order valence-corrected chi connectivity index (χ4v) is 2.37. The smallest absolute Gasteiger partial charge is 0.326 e. The molecule has 21 heavy (non-hydrogen) atoms. The zero-order valence-electron chi connectivity index (χ0n) is 12.6. The number of hydrogen-bond acceptors (Lipinski definition) is 3. The number of ether oxygens (including phenoxy) is 1. The Bertz CT molecular complexity index is 547. The van der Waals surface area contributed by atoms with E-state index in [1.807, 2.05) is 45.0 Å². The van der Waals surface area contributed by atoms with Crippen LogP contribution in [0.2, 0.25) is 0 Å². The Hall–Kier alpha value is -1.88. The number of fused-ring (bicyclic) bond motifs is 1. The fraction of sp³-hybridized carbons (Fsp3) is 0.500. The van der Waals surface area contributed by atoms with Crippen molar-refractivity contribution in [3.8, 4) is 0 Å². The van der Waals surface area contributed by atoms with Gasteiger partial charge in [0.2, 0.25) is 5.91 Å². The molecule has 0 bridgehead atoms. The van der Waals surface area contributed by atoms with Crippen LogP contribution in [0.4, 0.5) is 0 Å². The fourth-order valence-electron chi connectivity index (χ4n) is 2.37. The average molecular weight is 291 g/mol. The summed E-state index contributed by atoms with van der Waals surface area (Å²) in [4.78, 5) is 25.2. The van der Waals surface area contributed by atoms with Gasteiger partial charge in [-0.05, 0) is 31.9 Å². The van der Waals surface area contributed by atoms with Crippen molar-refractivity contribution >= 4 is 11.9 Å². The van der Waals surface area contributed by atoms with Crippen molar-refractivity contribution in [1.82, 2.24) is 4.90 Å². The van der Waals surface area contributed by atoms with E-state index in [-0.39, 0.29) is 12.5 Å². The highest BCUT2D eigenvalue weighted by Crippen LogP contribution is 2.24. The molecule has 1 aromatic carbocycles. The third-order valence-corrected chi connectivity index (χ3v) is 3.48. The van der Waals surface area contributed by atoms with Crippen molar-refractivity contribution in [3.63, 3.8) is 0 Å². The summed E-state index contributed by atoms with van der Waals surface area (Å²) >= 11 is 0. The Morgan fingerprint density at radius 1 is 1.29 bits per heavy atom. The first-order valence-electron chi connectivity index (χ1n) is 7.01. The molecule has 1 N–H and O–H groups in total. The maximum absolute atomic E-state index is 12.3. The number of aliphatic carboxylic acids is 1. The van der Waals surface area contributed by atoms with Crippen LogP contribution in [0.25, 0.3) is 0 Å². The van der Waals surface area contributed by atoms with Gasteiger partial charge in [-0.1, -0.05) is 24.3 Å². The quantitative estimate of drug-likeness (QED) is 0.922. The Kier molecular flexibility index (Phi) is 4.32. The molecular formula is C16H21NO4. The molecular weight excluding hydrogens is 270 g/mol. The van der Waals surface area contributed by atoms with Gasteiger partial charge >= 0.3 is 5.97 Å². The van der Waals surface area contributed by atoms with Crippen molar-refractivity contribution in [2.75, 3.05) is 6.61 Å². The first-order valence-corrected chi connectivity index (χ1v) is 7.01. The second-order valence-electron chi connectivity index (χ2n) is 6.25. The molecule has 5 heteroatoms. The molecule has 0 aromatic heterocycles. The van der Waals surface area contributed by atoms with Crippen molar-refractivity contribution in [3.05, 3.63) is 35.4 Å². The summed E-state index contributed by atoms with van der Waals surface area (Å²) in [7, 11) is 0. The van der Waals surface area contributed by atoms with Crippen molar-refractivity contribution in [1.29, 1.82) is 0 Å². The second kappa shape index (κ2) is 5.85. The van der Waals surface area contributed by atoms with Crippen LogP contribution in [-0.2, 0) is 27.3 Å². The number of rotatable bonds is 3. The minimum Gasteiger partial charge on any atom is -0.480 e. The van der Waals surface area contributed by atoms with Gasteiger partial charge in [0.15, 0.2) is 0 Å². The molecule has 0 unspecified atom stereocenters. The summed E-state index contributed by atoms with van der Waals surface area (Å²) in [6.07, 6.45) is 0.340. The van der Waals surface area contributed by atoms with Crippen molar-refractivity contribution in [2.24, 2.45) is 0 Å². The van der Waals surface area contributed by atoms with Crippen LogP contribution in [0.1, 0.15) is 31.9 Å². The molecule has 114 valence electrons. The largest absolute Gasteiger partial charge is 0.480 e. The molecule has 0 saturated carbocycles. The summed E-state index contributed by atoms with van der Waals surface area (Å²) < 4.78 is 5.48. The van der Waals surface area contributed by atoms with Crippen molar-refractivity contribution in [2.45, 2.75) is 45.4 Å². The van der Waals surface area contributed by atoms with E-state index in [1.165, 1.54) is 4.90 Å². The van der Waals surface area contributed by atoms with Gasteiger partial charge in [-0.2, -0.15) is 0 Å². The van der Waals surface area contributed by atoms with E-state index in [1.54, 1.807) is 0 Å². The molecule has 0 radical (unpaired) electrons. The molecule has 2 rings (SSSR count). The maximum atomic E-state index is 12.3. The third kappa shape index (κ3) is 3.82. The highest BCUT2D eigenvalue weighted by Gasteiger charge is 2.34. The number of benzene rings is 1. The number of carboxylic acid groups (broad SMARTS) is 1. The molecule has 1 amide bonds. The number of nitrogens with zero attached hydrogens (tertiary/aromatic N) is 1. The minimum absolute atomic E-state index is 0.102. The summed E-state index contributed by atoms with van der Waals surface area (Å²) in [5.41, 5.74) is 1.56. The third-order valence-electron chi connectivity index (χ3n) is 3.48. The lowest BCUT2D eigenvalue weighted by Gasteiger charge is -2.35. The number of carbonyl (C=O) groups is 2. The van der Waals surface area contributed by atoms with Crippen LogP contribution in [0.3, 0.4) is 0 Å². The van der Waals surface area contributed by atoms with Crippen LogP contribution < -0.4 is 0 Å². The van der Waals surface area contributed by atoms with Gasteiger partial charge in [-0.25, -0.2) is 4.79 Å². The Morgan fingerprint density at radius 3 is 2.48 bits per heavy atom. The summed E-state index contributed by atoms with van der Waals surface area (Å²) in [6, 6.07) is 6.81. The molecule has 0 spiro atoms. The molecule has 1 aliphatic heterocycles. The zero-order chi connectivity index (χ0) is 15.6. The van der Waals surface area contributed by atoms with Gasteiger partial charge in [-0.15, -0.1) is 0 Å². The second-order valence-corrected chi connectivity index (χ2v) is 6.25. The maximum Gasteiger partial charge on any atom is 0.326 e. The molecule has 1 aromatic rings. The van der Waals surface area contributed by atoms with Gasteiger partial charge in [0.1, 0.15) is 12.6 Å². The van der Waals surface area contributed by atoms with E-state index in [0.29, 0.717) is 13.0 Å². The van der Waals surface area contributed by atoms with Crippen LogP contribution in [0, 0.1) is 0 Å². The van der Waals surface area contributed by atoms with Gasteiger partial charge in [0.25, 0.3) is 0 Å². The lowest BCUT2D eigenvalue weighted by atomic mass is 9.94. The van der Waals surface area contributed by atoms with Crippen LogP contribution in [0.15, 0.2) is 24.3 Å². The van der Waals surface area contributed by atoms with E-state index in [4.69, 9.17) is 4.74 Å². The zero-order valence-corrected chi connectivity index (χ0v) is 12.6. The highest BCUT2D eigenvalue weighted by molar-refractivity contribution is 5.85. The summed E-state index contributed by atoms with van der Waals surface area (Å²) in [6.45, 7) is 5.80. The van der Waals surface area contributed by atoms with Gasteiger partial charge in [0, 0.05) is 13.0 Å². The first kappa shape index (κ1) is 15.5. The normalized spacial score (nSPS) is 18.2. The lowest BCUT2D eigenvalue weighted by Crippen LogP contribution is -2.50. The van der Waals surface area contributed by atoms with Crippen LogP contribution in [-0.4, -0.2) is 40.1 Å². The molecule has 1 aliphatic rings. The minimum atomic E-state index is -0.978. The summed E-state index contributed by atoms with van der Waals surface area (Å²) in [5.74, 6) is -1.26. The molecule has 0 aliphatic carbocycles. The highest BCUT2D eigenvalue weighted by atomic mass is 16.5. The number of carbonyl (C=O) groups excluding carboxylic acids is 1. The number of hydrogen-bond donors (Lipinski definition) is 1. The van der Waals surface area contributed by atoms with Crippen LogP contribution >= 0.6 is 0 Å². The molecule has 1 heterocycles. The summed E-state index contributed by atoms with van der Waals surface area (Å²) in [5, 5.41) is 9.38. The number of amides is 1. The van der Waals surface area contributed by atoms with Crippen molar-refractivity contribution < 1.29 is 19.4 Å². The Labute approximate surface area is 124 Å². The van der Waals surface area contributed by atoms with Gasteiger partial charge in [-0.3, -0.25) is 4.79 Å². The van der Waals surface area contributed by atoms with E-state index in [0.717, 1.165) is 11.1 Å². The SMILES string of the molecule is CC(C)(C)OCC(=O)N1Cc2ccccc2C[C@H]1C(=O)O. The van der Waals surface area contributed by atoms with E-state index >= 15 is 0 Å². The van der Waals surface area contributed by atoms with Gasteiger partial charge in [0.05, 0.1) is 5.60 Å². The predicted octanol–water partition coefficient (Wildman–Crippen LogP) is 1.84. The first-order chi connectivity index (χ1) is 9.78. The predicted molar refractivity (Wildman–Crippen MR) is 77.8 cm³/mol. The van der Waals surface area contributed by atoms with E-state index < -0.39 is 17.6 Å². The van der Waals surface area contributed by atoms with Crippen LogP contribution in [0.5, 0.6) is 0 Å².